The van der Waals surface area contributed by atoms with Gasteiger partial charge in [0.05, 0.1) is 18.1 Å². The van der Waals surface area contributed by atoms with Crippen LogP contribution in [0.1, 0.15) is 40.5 Å². The number of carbonyl (C=O) groups is 1. The van der Waals surface area contributed by atoms with E-state index in [9.17, 15) is 13.2 Å². The highest BCUT2D eigenvalue weighted by molar-refractivity contribution is 7.89. The number of sulfonamides is 1. The number of carbonyl (C=O) groups excluding carboxylic acids is 1. The Bertz CT molecular complexity index is 672. The van der Waals surface area contributed by atoms with Gasteiger partial charge < -0.3 is 14.8 Å². The molecule has 2 N–H and O–H groups in total. The van der Waals surface area contributed by atoms with Crippen molar-refractivity contribution >= 4 is 15.9 Å². The molecule has 0 saturated carbocycles. The van der Waals surface area contributed by atoms with Crippen LogP contribution in [0.3, 0.4) is 0 Å². The Labute approximate surface area is 162 Å². The second-order valence-electron chi connectivity index (χ2n) is 7.04. The van der Waals surface area contributed by atoms with E-state index < -0.39 is 16.1 Å². The molecule has 0 spiro atoms. The summed E-state index contributed by atoms with van der Waals surface area (Å²) in [6.45, 7) is 8.77. The van der Waals surface area contributed by atoms with Crippen molar-refractivity contribution in [2.45, 2.75) is 57.6 Å². The number of methoxy groups -OCH3 is 1. The first-order chi connectivity index (χ1) is 12.7. The second-order valence-corrected chi connectivity index (χ2v) is 8.76. The summed E-state index contributed by atoms with van der Waals surface area (Å²) < 4.78 is 38.3. The molecule has 27 heavy (non-hydrogen) atoms. The third-order valence-electron chi connectivity index (χ3n) is 3.76. The predicted octanol–water partition coefficient (Wildman–Crippen LogP) is 2.32. The fourth-order valence-corrected chi connectivity index (χ4v) is 3.62. The lowest BCUT2D eigenvalue weighted by atomic mass is 10.0. The van der Waals surface area contributed by atoms with Crippen molar-refractivity contribution < 1.29 is 22.7 Å². The molecule has 0 aliphatic carbocycles. The summed E-state index contributed by atoms with van der Waals surface area (Å²) >= 11 is 0. The van der Waals surface area contributed by atoms with Crippen molar-refractivity contribution in [3.63, 3.8) is 0 Å². The molecule has 0 bridgehead atoms. The highest BCUT2D eigenvalue weighted by Gasteiger charge is 2.26. The molecule has 0 unspecified atom stereocenters. The van der Waals surface area contributed by atoms with Gasteiger partial charge in [-0.25, -0.2) is 8.42 Å². The number of hydrogen-bond acceptors (Lipinski definition) is 5. The quantitative estimate of drug-likeness (QED) is 0.525. The number of ether oxygens (including phenoxy) is 2. The molecule has 1 amide bonds. The molecule has 0 radical (unpaired) electrons. The number of amides is 1. The SMILES string of the molecule is COc1ccc(S(=O)(=O)N[C@@H](CC(C)C)C(=O)NCCCOC(C)C)cc1. The van der Waals surface area contributed by atoms with Gasteiger partial charge in [0.25, 0.3) is 0 Å². The highest BCUT2D eigenvalue weighted by atomic mass is 32.2. The van der Waals surface area contributed by atoms with E-state index in [-0.39, 0.29) is 22.8 Å². The molecule has 1 rings (SSSR count). The summed E-state index contributed by atoms with van der Waals surface area (Å²) in [5.74, 6) is 0.392. The van der Waals surface area contributed by atoms with E-state index in [4.69, 9.17) is 9.47 Å². The van der Waals surface area contributed by atoms with Crippen LogP contribution in [0.2, 0.25) is 0 Å². The van der Waals surface area contributed by atoms with Gasteiger partial charge in [-0.3, -0.25) is 4.79 Å². The Kier molecular flexibility index (Phi) is 9.76. The maximum atomic E-state index is 12.6. The predicted molar refractivity (Wildman–Crippen MR) is 105 cm³/mol. The average Bonchev–Trinajstić information content (AvgIpc) is 2.60. The smallest absolute Gasteiger partial charge is 0.241 e. The molecule has 0 fully saturated rings. The van der Waals surface area contributed by atoms with E-state index in [0.717, 1.165) is 0 Å². The third-order valence-corrected chi connectivity index (χ3v) is 5.25. The van der Waals surface area contributed by atoms with Crippen LogP contribution < -0.4 is 14.8 Å². The maximum absolute atomic E-state index is 12.6. The van der Waals surface area contributed by atoms with Crippen LogP contribution >= 0.6 is 0 Å². The first-order valence-corrected chi connectivity index (χ1v) is 10.7. The van der Waals surface area contributed by atoms with Crippen molar-refractivity contribution in [1.29, 1.82) is 0 Å². The lowest BCUT2D eigenvalue weighted by Gasteiger charge is -2.20. The Hall–Kier alpha value is -1.64. The second kappa shape index (κ2) is 11.3. The topological polar surface area (TPSA) is 93.7 Å². The molecule has 0 heterocycles. The molecule has 8 heteroatoms. The van der Waals surface area contributed by atoms with Crippen LogP contribution in [-0.2, 0) is 19.6 Å². The van der Waals surface area contributed by atoms with E-state index in [1.54, 1.807) is 12.1 Å². The fourth-order valence-electron chi connectivity index (χ4n) is 2.42. The largest absolute Gasteiger partial charge is 0.497 e. The van der Waals surface area contributed by atoms with E-state index in [1.165, 1.54) is 19.2 Å². The number of rotatable bonds is 12. The molecule has 1 aromatic rings. The Morgan fingerprint density at radius 1 is 1.11 bits per heavy atom. The van der Waals surface area contributed by atoms with Gasteiger partial charge in [0.1, 0.15) is 11.8 Å². The number of benzene rings is 1. The van der Waals surface area contributed by atoms with Crippen molar-refractivity contribution in [2.75, 3.05) is 20.3 Å². The van der Waals surface area contributed by atoms with E-state index in [0.29, 0.717) is 31.7 Å². The highest BCUT2D eigenvalue weighted by Crippen LogP contribution is 2.17. The first kappa shape index (κ1) is 23.4. The van der Waals surface area contributed by atoms with Gasteiger partial charge in [0.2, 0.25) is 15.9 Å². The Balaban J connectivity index is 2.72. The molecule has 154 valence electrons. The molecule has 0 aliphatic heterocycles. The number of nitrogens with one attached hydrogen (secondary N) is 2. The summed E-state index contributed by atoms with van der Waals surface area (Å²) in [5, 5.41) is 2.79. The lowest BCUT2D eigenvalue weighted by Crippen LogP contribution is -2.47. The Morgan fingerprint density at radius 3 is 2.26 bits per heavy atom. The van der Waals surface area contributed by atoms with Gasteiger partial charge >= 0.3 is 0 Å². The summed E-state index contributed by atoms with van der Waals surface area (Å²) in [7, 11) is -2.30. The minimum absolute atomic E-state index is 0.0928. The minimum atomic E-state index is -3.81. The summed E-state index contributed by atoms with van der Waals surface area (Å²) in [4.78, 5) is 12.6. The van der Waals surface area contributed by atoms with Crippen LogP contribution in [0.4, 0.5) is 0 Å². The third kappa shape index (κ3) is 8.73. The van der Waals surface area contributed by atoms with Crippen molar-refractivity contribution in [1.82, 2.24) is 10.0 Å². The fraction of sp³-hybridized carbons (Fsp3) is 0.632. The van der Waals surface area contributed by atoms with Crippen LogP contribution in [0.15, 0.2) is 29.2 Å². The van der Waals surface area contributed by atoms with E-state index in [1.807, 2.05) is 27.7 Å². The standard InChI is InChI=1S/C19H32N2O5S/c1-14(2)13-18(19(22)20-11-6-12-26-15(3)4)21-27(23,24)17-9-7-16(25-5)8-10-17/h7-10,14-15,18,21H,6,11-13H2,1-5H3,(H,20,22)/t18-/m0/s1. The van der Waals surface area contributed by atoms with Crippen molar-refractivity contribution in [3.8, 4) is 5.75 Å². The zero-order chi connectivity index (χ0) is 20.4. The Morgan fingerprint density at radius 2 is 1.74 bits per heavy atom. The average molecular weight is 401 g/mol. The van der Waals surface area contributed by atoms with Gasteiger partial charge in [-0.1, -0.05) is 13.8 Å². The zero-order valence-corrected chi connectivity index (χ0v) is 17.6. The molecule has 1 atom stereocenters. The maximum Gasteiger partial charge on any atom is 0.241 e. The zero-order valence-electron chi connectivity index (χ0n) is 16.8. The van der Waals surface area contributed by atoms with Crippen LogP contribution in [0, 0.1) is 5.92 Å². The van der Waals surface area contributed by atoms with Gasteiger partial charge in [-0.15, -0.1) is 0 Å². The molecule has 0 saturated heterocycles. The van der Waals surface area contributed by atoms with Crippen LogP contribution in [-0.4, -0.2) is 46.7 Å². The monoisotopic (exact) mass is 400 g/mol. The van der Waals surface area contributed by atoms with E-state index in [2.05, 4.69) is 10.0 Å². The van der Waals surface area contributed by atoms with Crippen molar-refractivity contribution in [2.24, 2.45) is 5.92 Å². The molecule has 0 aliphatic rings. The normalized spacial score (nSPS) is 13.0. The molecule has 7 nitrogen and oxygen atoms in total. The lowest BCUT2D eigenvalue weighted by molar-refractivity contribution is -0.123. The van der Waals surface area contributed by atoms with Crippen LogP contribution in [0.5, 0.6) is 5.75 Å². The summed E-state index contributed by atoms with van der Waals surface area (Å²) in [6.07, 6.45) is 1.22. The molecular weight excluding hydrogens is 368 g/mol. The molecular formula is C19H32N2O5S. The molecule has 1 aromatic carbocycles. The number of hydrogen-bond donors (Lipinski definition) is 2. The van der Waals surface area contributed by atoms with E-state index >= 15 is 0 Å². The minimum Gasteiger partial charge on any atom is -0.497 e. The van der Waals surface area contributed by atoms with Crippen molar-refractivity contribution in [3.05, 3.63) is 24.3 Å². The summed E-state index contributed by atoms with van der Waals surface area (Å²) in [6, 6.07) is 5.22. The van der Waals surface area contributed by atoms with Gasteiger partial charge in [-0.2, -0.15) is 4.72 Å². The van der Waals surface area contributed by atoms with Crippen LogP contribution in [0.25, 0.3) is 0 Å². The molecule has 0 aromatic heterocycles. The summed E-state index contributed by atoms with van der Waals surface area (Å²) in [5.41, 5.74) is 0. The first-order valence-electron chi connectivity index (χ1n) is 9.21. The van der Waals surface area contributed by atoms with Gasteiger partial charge in [0.15, 0.2) is 0 Å². The van der Waals surface area contributed by atoms with Gasteiger partial charge in [0, 0.05) is 13.2 Å². The van der Waals surface area contributed by atoms with Gasteiger partial charge in [-0.05, 0) is 56.9 Å².